The summed E-state index contributed by atoms with van der Waals surface area (Å²) in [5, 5.41) is 10.7. The van der Waals surface area contributed by atoms with Gasteiger partial charge in [0.2, 0.25) is 0 Å². The molecule has 0 unspecified atom stereocenters. The molecule has 27 heavy (non-hydrogen) atoms. The average molecular weight is 369 g/mol. The normalized spacial score (nSPS) is 14.0. The number of nitro benzene ring substituents is 1. The maximum absolute atomic E-state index is 12.6. The third kappa shape index (κ3) is 4.05. The van der Waals surface area contributed by atoms with E-state index >= 15 is 0 Å². The Hall–Kier alpha value is -3.42. The van der Waals surface area contributed by atoms with Crippen molar-refractivity contribution in [3.63, 3.8) is 0 Å². The second-order valence-corrected chi connectivity index (χ2v) is 6.12. The van der Waals surface area contributed by atoms with E-state index in [0.29, 0.717) is 43.1 Å². The average Bonchev–Trinajstić information content (AvgIpc) is 2.73. The summed E-state index contributed by atoms with van der Waals surface area (Å²) in [5.41, 5.74) is 0.887. The lowest BCUT2D eigenvalue weighted by atomic mass is 10.1. The van der Waals surface area contributed by atoms with Crippen LogP contribution in [0.1, 0.15) is 20.7 Å². The van der Waals surface area contributed by atoms with Gasteiger partial charge in [-0.3, -0.25) is 19.7 Å². The van der Waals surface area contributed by atoms with Gasteiger partial charge in [-0.1, -0.05) is 6.07 Å². The number of ether oxygens (including phenoxy) is 1. The van der Waals surface area contributed by atoms with Crippen LogP contribution in [-0.2, 0) is 0 Å². The van der Waals surface area contributed by atoms with Crippen molar-refractivity contribution in [3.05, 3.63) is 69.8 Å². The van der Waals surface area contributed by atoms with Crippen LogP contribution in [-0.4, -0.2) is 59.8 Å². The summed E-state index contributed by atoms with van der Waals surface area (Å²) in [4.78, 5) is 38.7. The highest BCUT2D eigenvalue weighted by Gasteiger charge is 2.26. The molecule has 1 saturated heterocycles. The second-order valence-electron chi connectivity index (χ2n) is 6.12. The minimum Gasteiger partial charge on any atom is -0.497 e. The Labute approximate surface area is 156 Å². The first-order valence-corrected chi connectivity index (χ1v) is 8.46. The Morgan fingerprint density at radius 3 is 2.00 bits per heavy atom. The third-order valence-corrected chi connectivity index (χ3v) is 4.50. The summed E-state index contributed by atoms with van der Waals surface area (Å²) in [6.07, 6.45) is 0. The summed E-state index contributed by atoms with van der Waals surface area (Å²) in [6.45, 7) is 1.67. The molecule has 0 radical (unpaired) electrons. The Morgan fingerprint density at radius 2 is 1.48 bits per heavy atom. The van der Waals surface area contributed by atoms with Crippen LogP contribution >= 0.6 is 0 Å². The predicted molar refractivity (Wildman–Crippen MR) is 97.9 cm³/mol. The van der Waals surface area contributed by atoms with Gasteiger partial charge < -0.3 is 14.5 Å². The monoisotopic (exact) mass is 369 g/mol. The van der Waals surface area contributed by atoms with Crippen molar-refractivity contribution in [1.29, 1.82) is 0 Å². The molecule has 8 heteroatoms. The molecular weight excluding hydrogens is 350 g/mol. The number of hydrogen-bond donors (Lipinski definition) is 0. The highest BCUT2D eigenvalue weighted by atomic mass is 16.6. The molecule has 8 nitrogen and oxygen atoms in total. The fourth-order valence-electron chi connectivity index (χ4n) is 2.96. The highest BCUT2D eigenvalue weighted by Crippen LogP contribution is 2.17. The molecule has 0 atom stereocenters. The van der Waals surface area contributed by atoms with Crippen molar-refractivity contribution >= 4 is 17.5 Å². The second kappa shape index (κ2) is 7.86. The molecule has 0 spiro atoms. The molecular formula is C19H19N3O5. The van der Waals surface area contributed by atoms with Crippen molar-refractivity contribution in [2.75, 3.05) is 33.3 Å². The molecule has 1 heterocycles. The van der Waals surface area contributed by atoms with E-state index < -0.39 is 4.92 Å². The van der Waals surface area contributed by atoms with Crippen LogP contribution in [0.2, 0.25) is 0 Å². The largest absolute Gasteiger partial charge is 0.497 e. The number of amides is 2. The van der Waals surface area contributed by atoms with E-state index in [1.165, 1.54) is 24.3 Å². The van der Waals surface area contributed by atoms with Crippen LogP contribution < -0.4 is 4.74 Å². The molecule has 1 fully saturated rings. The number of carbonyl (C=O) groups excluding carboxylic acids is 2. The molecule has 2 aromatic rings. The summed E-state index contributed by atoms with van der Waals surface area (Å²) in [7, 11) is 1.55. The molecule has 0 aliphatic carbocycles. The van der Waals surface area contributed by atoms with Gasteiger partial charge in [-0.05, 0) is 30.3 Å². The summed E-state index contributed by atoms with van der Waals surface area (Å²) in [6, 6.07) is 12.5. The van der Waals surface area contributed by atoms with Gasteiger partial charge in [0.05, 0.1) is 12.0 Å². The maximum Gasteiger partial charge on any atom is 0.269 e. The number of hydrogen-bond acceptors (Lipinski definition) is 5. The van der Waals surface area contributed by atoms with Crippen molar-refractivity contribution < 1.29 is 19.2 Å². The molecule has 1 aliphatic rings. The number of non-ortho nitro benzene ring substituents is 1. The number of carbonyl (C=O) groups is 2. The first-order chi connectivity index (χ1) is 13.0. The van der Waals surface area contributed by atoms with Crippen LogP contribution in [0.4, 0.5) is 5.69 Å². The molecule has 0 N–H and O–H groups in total. The zero-order valence-corrected chi connectivity index (χ0v) is 14.8. The Morgan fingerprint density at radius 1 is 0.926 bits per heavy atom. The number of piperazine rings is 1. The lowest BCUT2D eigenvalue weighted by molar-refractivity contribution is -0.384. The van der Waals surface area contributed by atoms with Crippen LogP contribution in [0.25, 0.3) is 0 Å². The van der Waals surface area contributed by atoms with Gasteiger partial charge in [-0.25, -0.2) is 0 Å². The minimum atomic E-state index is -0.503. The van der Waals surface area contributed by atoms with Crippen LogP contribution in [0.5, 0.6) is 5.75 Å². The summed E-state index contributed by atoms with van der Waals surface area (Å²) >= 11 is 0. The first kappa shape index (κ1) is 18.4. The van der Waals surface area contributed by atoms with Crippen molar-refractivity contribution in [1.82, 2.24) is 9.80 Å². The van der Waals surface area contributed by atoms with Gasteiger partial charge in [0.1, 0.15) is 5.75 Å². The summed E-state index contributed by atoms with van der Waals surface area (Å²) < 4.78 is 5.15. The number of nitrogens with zero attached hydrogens (tertiary/aromatic N) is 3. The minimum absolute atomic E-state index is 0.0553. The van der Waals surface area contributed by atoms with E-state index in [9.17, 15) is 19.7 Å². The molecule has 2 amide bonds. The fourth-order valence-corrected chi connectivity index (χ4v) is 2.96. The number of rotatable bonds is 4. The topological polar surface area (TPSA) is 93.0 Å². The van der Waals surface area contributed by atoms with Crippen LogP contribution in [0.15, 0.2) is 48.5 Å². The zero-order chi connectivity index (χ0) is 19.4. The third-order valence-electron chi connectivity index (χ3n) is 4.50. The number of nitro groups is 1. The van der Waals surface area contributed by atoms with Crippen molar-refractivity contribution in [3.8, 4) is 5.75 Å². The van der Waals surface area contributed by atoms with E-state index in [1.54, 1.807) is 41.2 Å². The maximum atomic E-state index is 12.6. The zero-order valence-electron chi connectivity index (χ0n) is 14.8. The van der Waals surface area contributed by atoms with Gasteiger partial charge in [-0.15, -0.1) is 0 Å². The van der Waals surface area contributed by atoms with Gasteiger partial charge in [-0.2, -0.15) is 0 Å². The van der Waals surface area contributed by atoms with E-state index in [-0.39, 0.29) is 17.5 Å². The molecule has 3 rings (SSSR count). The van der Waals surface area contributed by atoms with E-state index in [4.69, 9.17) is 4.74 Å². The van der Waals surface area contributed by atoms with Gasteiger partial charge in [0.15, 0.2) is 0 Å². The van der Waals surface area contributed by atoms with E-state index in [2.05, 4.69) is 0 Å². The van der Waals surface area contributed by atoms with Gasteiger partial charge >= 0.3 is 0 Å². The fraction of sp³-hybridized carbons (Fsp3) is 0.263. The smallest absolute Gasteiger partial charge is 0.269 e. The SMILES string of the molecule is COc1cccc(C(=O)N2CCN(C(=O)c3ccc([N+](=O)[O-])cc3)CC2)c1. The van der Waals surface area contributed by atoms with Crippen LogP contribution in [0.3, 0.4) is 0 Å². The highest BCUT2D eigenvalue weighted by molar-refractivity contribution is 5.96. The number of benzene rings is 2. The van der Waals surface area contributed by atoms with Gasteiger partial charge in [0, 0.05) is 49.4 Å². The summed E-state index contributed by atoms with van der Waals surface area (Å²) in [5.74, 6) is 0.322. The van der Waals surface area contributed by atoms with Crippen LogP contribution in [0, 0.1) is 10.1 Å². The Kier molecular flexibility index (Phi) is 5.35. The molecule has 140 valence electrons. The number of methoxy groups -OCH3 is 1. The van der Waals surface area contributed by atoms with Crippen molar-refractivity contribution in [2.24, 2.45) is 0 Å². The van der Waals surface area contributed by atoms with E-state index in [0.717, 1.165) is 0 Å². The first-order valence-electron chi connectivity index (χ1n) is 8.46. The molecule has 2 aromatic carbocycles. The molecule has 0 saturated carbocycles. The predicted octanol–water partition coefficient (Wildman–Crippen LogP) is 2.20. The lowest BCUT2D eigenvalue weighted by Gasteiger charge is -2.35. The Bertz CT molecular complexity index is 858. The molecule has 0 aromatic heterocycles. The Balaban J connectivity index is 1.61. The van der Waals surface area contributed by atoms with Gasteiger partial charge in [0.25, 0.3) is 17.5 Å². The quantitative estimate of drug-likeness (QED) is 0.608. The molecule has 1 aliphatic heterocycles. The lowest BCUT2D eigenvalue weighted by Crippen LogP contribution is -2.50. The standard InChI is InChI=1S/C19H19N3O5/c1-27-17-4-2-3-15(13-17)19(24)21-11-9-20(10-12-21)18(23)14-5-7-16(8-6-14)22(25)26/h2-8,13H,9-12H2,1H3. The van der Waals surface area contributed by atoms with Crippen molar-refractivity contribution in [2.45, 2.75) is 0 Å². The molecule has 0 bridgehead atoms. The van der Waals surface area contributed by atoms with E-state index in [1.807, 2.05) is 0 Å².